The summed E-state index contributed by atoms with van der Waals surface area (Å²) in [6, 6.07) is 0. The van der Waals surface area contributed by atoms with E-state index < -0.39 is 12.7 Å². The Morgan fingerprint density at radius 1 is 1.16 bits per heavy atom. The lowest BCUT2D eigenvalue weighted by molar-refractivity contribution is -0.143. The molecule has 0 bridgehead atoms. The van der Waals surface area contributed by atoms with Crippen LogP contribution in [0.25, 0.3) is 0 Å². The Hall–Kier alpha value is -0.290. The SMILES string of the molecule is CCCCCCCNCC1CCN(CC(F)(F)F)C1. The van der Waals surface area contributed by atoms with Gasteiger partial charge in [-0.15, -0.1) is 0 Å². The summed E-state index contributed by atoms with van der Waals surface area (Å²) in [5.74, 6) is 0.387. The van der Waals surface area contributed by atoms with E-state index >= 15 is 0 Å². The molecular formula is C14H27F3N2. The quantitative estimate of drug-likeness (QED) is 0.651. The van der Waals surface area contributed by atoms with Crippen LogP contribution < -0.4 is 5.32 Å². The lowest BCUT2D eigenvalue weighted by atomic mass is 10.1. The van der Waals surface area contributed by atoms with E-state index in [1.165, 1.54) is 37.0 Å². The van der Waals surface area contributed by atoms with Gasteiger partial charge in [0.05, 0.1) is 6.54 Å². The van der Waals surface area contributed by atoms with Crippen LogP contribution in [0.2, 0.25) is 0 Å². The van der Waals surface area contributed by atoms with Crippen molar-refractivity contribution in [1.29, 1.82) is 0 Å². The van der Waals surface area contributed by atoms with Crippen molar-refractivity contribution in [3.8, 4) is 0 Å². The van der Waals surface area contributed by atoms with E-state index in [2.05, 4.69) is 12.2 Å². The van der Waals surface area contributed by atoms with E-state index in [0.29, 0.717) is 19.0 Å². The van der Waals surface area contributed by atoms with Gasteiger partial charge in [-0.1, -0.05) is 32.6 Å². The standard InChI is InChI=1S/C14H27F3N2/c1-2-3-4-5-6-8-18-10-13-7-9-19(11-13)12-14(15,16)17/h13,18H,2-12H2,1H3. The van der Waals surface area contributed by atoms with E-state index in [1.54, 1.807) is 0 Å². The van der Waals surface area contributed by atoms with Crippen LogP contribution in [-0.4, -0.2) is 43.8 Å². The summed E-state index contributed by atoms with van der Waals surface area (Å²) in [7, 11) is 0. The van der Waals surface area contributed by atoms with Gasteiger partial charge in [-0.3, -0.25) is 4.90 Å². The van der Waals surface area contributed by atoms with Crippen molar-refractivity contribution in [3.63, 3.8) is 0 Å². The number of alkyl halides is 3. The zero-order valence-corrected chi connectivity index (χ0v) is 11.9. The summed E-state index contributed by atoms with van der Waals surface area (Å²) in [6.07, 6.45) is 3.12. The highest BCUT2D eigenvalue weighted by Gasteiger charge is 2.34. The van der Waals surface area contributed by atoms with E-state index in [-0.39, 0.29) is 0 Å². The molecule has 5 heteroatoms. The summed E-state index contributed by atoms with van der Waals surface area (Å²) in [4.78, 5) is 1.52. The molecule has 0 aromatic heterocycles. The minimum Gasteiger partial charge on any atom is -0.316 e. The predicted molar refractivity (Wildman–Crippen MR) is 72.2 cm³/mol. The monoisotopic (exact) mass is 280 g/mol. The molecule has 19 heavy (non-hydrogen) atoms. The van der Waals surface area contributed by atoms with Crippen LogP contribution in [0.3, 0.4) is 0 Å². The van der Waals surface area contributed by atoms with Gasteiger partial charge < -0.3 is 5.32 Å². The fraction of sp³-hybridized carbons (Fsp3) is 1.00. The smallest absolute Gasteiger partial charge is 0.316 e. The third-order valence-corrected chi connectivity index (χ3v) is 3.66. The van der Waals surface area contributed by atoms with Crippen molar-refractivity contribution in [2.45, 2.75) is 51.6 Å². The van der Waals surface area contributed by atoms with Gasteiger partial charge in [-0.2, -0.15) is 13.2 Å². The molecule has 0 aromatic carbocycles. The second kappa shape index (κ2) is 8.80. The van der Waals surface area contributed by atoms with E-state index in [4.69, 9.17) is 0 Å². The maximum Gasteiger partial charge on any atom is 0.401 e. The Balaban J connectivity index is 1.97. The van der Waals surface area contributed by atoms with Gasteiger partial charge in [0.25, 0.3) is 0 Å². The molecule has 0 spiro atoms. The molecule has 1 saturated heterocycles. The highest BCUT2D eigenvalue weighted by molar-refractivity contribution is 4.78. The van der Waals surface area contributed by atoms with Gasteiger partial charge >= 0.3 is 6.18 Å². The molecule has 0 aliphatic carbocycles. The van der Waals surface area contributed by atoms with Crippen LogP contribution in [0, 0.1) is 5.92 Å². The zero-order valence-electron chi connectivity index (χ0n) is 11.9. The van der Waals surface area contributed by atoms with Gasteiger partial charge in [0.2, 0.25) is 0 Å². The van der Waals surface area contributed by atoms with Crippen molar-refractivity contribution in [2.24, 2.45) is 5.92 Å². The first-order valence-electron chi connectivity index (χ1n) is 7.51. The third kappa shape index (κ3) is 8.47. The second-order valence-corrected chi connectivity index (χ2v) is 5.62. The second-order valence-electron chi connectivity index (χ2n) is 5.62. The third-order valence-electron chi connectivity index (χ3n) is 3.66. The van der Waals surface area contributed by atoms with Crippen LogP contribution in [-0.2, 0) is 0 Å². The molecule has 1 heterocycles. The number of unbranched alkanes of at least 4 members (excludes halogenated alkanes) is 4. The number of nitrogens with one attached hydrogen (secondary N) is 1. The van der Waals surface area contributed by atoms with Crippen LogP contribution >= 0.6 is 0 Å². The molecule has 1 aliphatic rings. The summed E-state index contributed by atoms with van der Waals surface area (Å²) >= 11 is 0. The molecule has 0 amide bonds. The van der Waals surface area contributed by atoms with Crippen molar-refractivity contribution >= 4 is 0 Å². The Morgan fingerprint density at radius 2 is 1.89 bits per heavy atom. The fourth-order valence-electron chi connectivity index (χ4n) is 2.64. The average Bonchev–Trinajstić information content (AvgIpc) is 2.73. The number of likely N-dealkylation sites (tertiary alicyclic amines) is 1. The number of hydrogen-bond acceptors (Lipinski definition) is 2. The molecule has 114 valence electrons. The predicted octanol–water partition coefficient (Wildman–Crippen LogP) is 3.43. The van der Waals surface area contributed by atoms with Gasteiger partial charge in [0.15, 0.2) is 0 Å². The largest absolute Gasteiger partial charge is 0.401 e. The maximum atomic E-state index is 12.2. The maximum absolute atomic E-state index is 12.2. The van der Waals surface area contributed by atoms with Crippen molar-refractivity contribution in [3.05, 3.63) is 0 Å². The summed E-state index contributed by atoms with van der Waals surface area (Å²) < 4.78 is 36.7. The summed E-state index contributed by atoms with van der Waals surface area (Å²) in [6.45, 7) is 4.48. The molecule has 1 aliphatic heterocycles. The lowest BCUT2D eigenvalue weighted by Gasteiger charge is -2.18. The molecule has 2 nitrogen and oxygen atoms in total. The summed E-state index contributed by atoms with van der Waals surface area (Å²) in [5.41, 5.74) is 0. The van der Waals surface area contributed by atoms with Crippen molar-refractivity contribution < 1.29 is 13.2 Å². The molecule has 1 fully saturated rings. The minimum atomic E-state index is -4.05. The minimum absolute atomic E-state index is 0.387. The molecule has 0 aromatic rings. The average molecular weight is 280 g/mol. The van der Waals surface area contributed by atoms with Crippen LogP contribution in [0.15, 0.2) is 0 Å². The molecule has 1 N–H and O–H groups in total. The molecule has 0 radical (unpaired) electrons. The van der Waals surface area contributed by atoms with E-state index in [9.17, 15) is 13.2 Å². The number of rotatable bonds is 9. The van der Waals surface area contributed by atoms with Gasteiger partial charge in [-0.05, 0) is 38.4 Å². The van der Waals surface area contributed by atoms with Crippen LogP contribution in [0.1, 0.15) is 45.4 Å². The van der Waals surface area contributed by atoms with E-state index in [1.807, 2.05) is 0 Å². The number of hydrogen-bond donors (Lipinski definition) is 1. The highest BCUT2D eigenvalue weighted by Crippen LogP contribution is 2.22. The first-order valence-corrected chi connectivity index (χ1v) is 7.51. The van der Waals surface area contributed by atoms with Crippen LogP contribution in [0.4, 0.5) is 13.2 Å². The van der Waals surface area contributed by atoms with Crippen molar-refractivity contribution in [1.82, 2.24) is 10.2 Å². The normalized spacial score (nSPS) is 21.2. The van der Waals surface area contributed by atoms with E-state index in [0.717, 1.165) is 19.5 Å². The number of nitrogens with zero attached hydrogens (tertiary/aromatic N) is 1. The highest BCUT2D eigenvalue weighted by atomic mass is 19.4. The first-order chi connectivity index (χ1) is 9.01. The first kappa shape index (κ1) is 16.8. The zero-order chi connectivity index (χ0) is 14.1. The molecule has 1 atom stereocenters. The van der Waals surface area contributed by atoms with Crippen LogP contribution in [0.5, 0.6) is 0 Å². The van der Waals surface area contributed by atoms with Gasteiger partial charge in [0, 0.05) is 6.54 Å². The van der Waals surface area contributed by atoms with Crippen molar-refractivity contribution in [2.75, 3.05) is 32.7 Å². The molecular weight excluding hydrogens is 253 g/mol. The lowest BCUT2D eigenvalue weighted by Crippen LogP contribution is -2.33. The fourth-order valence-corrected chi connectivity index (χ4v) is 2.64. The summed E-state index contributed by atoms with van der Waals surface area (Å²) in [5, 5.41) is 3.38. The van der Waals surface area contributed by atoms with Gasteiger partial charge in [-0.25, -0.2) is 0 Å². The van der Waals surface area contributed by atoms with Gasteiger partial charge in [0.1, 0.15) is 0 Å². The Morgan fingerprint density at radius 3 is 2.58 bits per heavy atom. The molecule has 1 rings (SSSR count). The Bertz CT molecular complexity index is 231. The molecule has 0 saturated carbocycles. The number of halogens is 3. The Kier molecular flexibility index (Phi) is 7.76. The molecule has 1 unspecified atom stereocenters. The topological polar surface area (TPSA) is 15.3 Å². The Labute approximate surface area is 114 Å².